The Morgan fingerprint density at radius 2 is 1.38 bits per heavy atom. The number of carboxylic acids is 1. The second-order valence-corrected chi connectivity index (χ2v) is 9.19. The fourth-order valence-electron chi connectivity index (χ4n) is 4.01. The zero-order chi connectivity index (χ0) is 27.6. The van der Waals surface area contributed by atoms with Crippen molar-refractivity contribution in [2.75, 3.05) is 26.2 Å². The third-order valence-corrected chi connectivity index (χ3v) is 6.10. The van der Waals surface area contributed by atoms with Crippen molar-refractivity contribution in [2.45, 2.75) is 88.4 Å². The van der Waals surface area contributed by atoms with Crippen molar-refractivity contribution in [2.24, 2.45) is 27.9 Å². The molecule has 212 valence electrons. The van der Waals surface area contributed by atoms with Gasteiger partial charge in [0.25, 0.3) is 0 Å². The molecule has 4 unspecified atom stereocenters. The van der Waals surface area contributed by atoms with E-state index in [0.29, 0.717) is 58.0 Å². The lowest BCUT2D eigenvalue weighted by atomic mass is 10.0. The Morgan fingerprint density at radius 1 is 0.838 bits per heavy atom. The van der Waals surface area contributed by atoms with Crippen molar-refractivity contribution in [1.29, 1.82) is 0 Å². The average molecular weight is 528 g/mol. The van der Waals surface area contributed by atoms with E-state index in [1.165, 1.54) is 0 Å². The first-order valence-electron chi connectivity index (χ1n) is 13.0. The molecule has 1 fully saturated rings. The minimum absolute atomic E-state index is 0.101. The van der Waals surface area contributed by atoms with Crippen LogP contribution in [0.25, 0.3) is 0 Å². The molecule has 1 aliphatic rings. The molecule has 3 amide bonds. The highest BCUT2D eigenvalue weighted by molar-refractivity contribution is 5.94. The molecule has 0 bridgehead atoms. The number of carbonyl (C=O) groups is 4. The highest BCUT2D eigenvalue weighted by Crippen LogP contribution is 2.09. The molecule has 0 aromatic carbocycles. The predicted octanol–water partition coefficient (Wildman–Crippen LogP) is -2.41. The number of nitrogens with zero attached hydrogens (tertiary/aromatic N) is 1. The SMILES string of the molecule is NCCCCC(NC(=O)C(CCCCN)NC(=O)C1CCCN1)C(=O)NC(CCCN=C(N)N)C(=O)O. The largest absolute Gasteiger partial charge is 0.480 e. The number of guanidine groups is 1. The number of aliphatic carboxylic acids is 1. The van der Waals surface area contributed by atoms with E-state index < -0.39 is 35.9 Å². The van der Waals surface area contributed by atoms with Crippen LogP contribution in [0.1, 0.15) is 64.2 Å². The molecule has 14 heteroatoms. The molecule has 13 N–H and O–H groups in total. The summed E-state index contributed by atoms with van der Waals surface area (Å²) >= 11 is 0. The van der Waals surface area contributed by atoms with E-state index in [-0.39, 0.29) is 37.3 Å². The van der Waals surface area contributed by atoms with Gasteiger partial charge in [-0.2, -0.15) is 0 Å². The zero-order valence-electron chi connectivity index (χ0n) is 21.5. The number of carbonyl (C=O) groups excluding carboxylic acids is 3. The van der Waals surface area contributed by atoms with Crippen LogP contribution < -0.4 is 44.2 Å². The Balaban J connectivity index is 2.89. The van der Waals surface area contributed by atoms with Gasteiger partial charge in [-0.25, -0.2) is 4.79 Å². The van der Waals surface area contributed by atoms with Crippen molar-refractivity contribution in [1.82, 2.24) is 21.3 Å². The van der Waals surface area contributed by atoms with Gasteiger partial charge in [-0.05, 0) is 83.8 Å². The minimum atomic E-state index is -1.21. The number of carboxylic acid groups (broad SMARTS) is 1. The van der Waals surface area contributed by atoms with Gasteiger partial charge in [-0.3, -0.25) is 19.4 Å². The Labute approximate surface area is 218 Å². The van der Waals surface area contributed by atoms with Gasteiger partial charge in [0.2, 0.25) is 17.7 Å². The molecule has 4 atom stereocenters. The second kappa shape index (κ2) is 18.3. The lowest BCUT2D eigenvalue weighted by Crippen LogP contribution is -2.57. The van der Waals surface area contributed by atoms with E-state index in [9.17, 15) is 24.3 Å². The predicted molar refractivity (Wildman–Crippen MR) is 140 cm³/mol. The van der Waals surface area contributed by atoms with Crippen LogP contribution in [0.2, 0.25) is 0 Å². The minimum Gasteiger partial charge on any atom is -0.480 e. The molecule has 1 saturated heterocycles. The van der Waals surface area contributed by atoms with Crippen molar-refractivity contribution < 1.29 is 24.3 Å². The number of hydrogen-bond acceptors (Lipinski definition) is 8. The van der Waals surface area contributed by atoms with E-state index in [0.717, 1.165) is 13.0 Å². The van der Waals surface area contributed by atoms with Crippen molar-refractivity contribution in [3.63, 3.8) is 0 Å². The smallest absolute Gasteiger partial charge is 0.326 e. The lowest BCUT2D eigenvalue weighted by molar-refractivity contribution is -0.142. The van der Waals surface area contributed by atoms with Crippen LogP contribution in [0, 0.1) is 0 Å². The molecule has 0 aromatic heterocycles. The first-order valence-corrected chi connectivity index (χ1v) is 13.0. The zero-order valence-corrected chi connectivity index (χ0v) is 21.5. The topological polar surface area (TPSA) is 253 Å². The molecular weight excluding hydrogens is 482 g/mol. The molecule has 1 rings (SSSR count). The first kappa shape index (κ1) is 32.1. The fourth-order valence-corrected chi connectivity index (χ4v) is 4.01. The van der Waals surface area contributed by atoms with Crippen molar-refractivity contribution >= 4 is 29.7 Å². The Kier molecular flexibility index (Phi) is 15.9. The van der Waals surface area contributed by atoms with Crippen LogP contribution in [-0.2, 0) is 19.2 Å². The van der Waals surface area contributed by atoms with Crippen molar-refractivity contribution in [3.05, 3.63) is 0 Å². The summed E-state index contributed by atoms with van der Waals surface area (Å²) in [5.74, 6) is -2.70. The highest BCUT2D eigenvalue weighted by Gasteiger charge is 2.31. The summed E-state index contributed by atoms with van der Waals surface area (Å²) in [7, 11) is 0. The van der Waals surface area contributed by atoms with Gasteiger partial charge >= 0.3 is 5.97 Å². The summed E-state index contributed by atoms with van der Waals surface area (Å²) in [6.07, 6.45) is 5.11. The standard InChI is InChI=1S/C23H45N9O5/c24-11-3-1-7-16(30-19(33)15-9-5-13-28-15)20(34)31-17(8-2-4-12-25)21(35)32-18(22(36)37)10-6-14-29-23(26)27/h15-18,28H,1-14,24-25H2,(H,30,33)(H,31,34)(H,32,35)(H,36,37)(H4,26,27,29). The van der Waals surface area contributed by atoms with Gasteiger partial charge in [-0.15, -0.1) is 0 Å². The first-order chi connectivity index (χ1) is 17.7. The van der Waals surface area contributed by atoms with E-state index >= 15 is 0 Å². The number of amides is 3. The van der Waals surface area contributed by atoms with Gasteiger partial charge in [0.1, 0.15) is 18.1 Å². The van der Waals surface area contributed by atoms with Crippen LogP contribution in [0.3, 0.4) is 0 Å². The average Bonchev–Trinajstić information content (AvgIpc) is 3.39. The number of nitrogens with one attached hydrogen (secondary N) is 4. The lowest BCUT2D eigenvalue weighted by Gasteiger charge is -2.25. The van der Waals surface area contributed by atoms with E-state index in [4.69, 9.17) is 22.9 Å². The maximum Gasteiger partial charge on any atom is 0.326 e. The summed E-state index contributed by atoms with van der Waals surface area (Å²) in [6.45, 7) is 1.83. The quantitative estimate of drug-likeness (QED) is 0.0488. The molecule has 1 heterocycles. The molecule has 37 heavy (non-hydrogen) atoms. The number of nitrogens with two attached hydrogens (primary N) is 4. The van der Waals surface area contributed by atoms with Crippen LogP contribution in [-0.4, -0.2) is 85.1 Å². The van der Waals surface area contributed by atoms with Crippen molar-refractivity contribution in [3.8, 4) is 0 Å². The van der Waals surface area contributed by atoms with E-state index in [1.807, 2.05) is 0 Å². The van der Waals surface area contributed by atoms with Gasteiger partial charge in [0.05, 0.1) is 6.04 Å². The van der Waals surface area contributed by atoms with E-state index in [2.05, 4.69) is 26.3 Å². The van der Waals surface area contributed by atoms with E-state index in [1.54, 1.807) is 0 Å². The van der Waals surface area contributed by atoms with Gasteiger partial charge < -0.3 is 49.3 Å². The summed E-state index contributed by atoms with van der Waals surface area (Å²) < 4.78 is 0. The molecule has 0 aromatic rings. The summed E-state index contributed by atoms with van der Waals surface area (Å²) in [6, 6.07) is -3.37. The van der Waals surface area contributed by atoms with Gasteiger partial charge in [0, 0.05) is 6.54 Å². The normalized spacial score (nSPS) is 17.3. The van der Waals surface area contributed by atoms with Crippen LogP contribution >= 0.6 is 0 Å². The number of hydrogen-bond donors (Lipinski definition) is 9. The Hall–Kier alpha value is -2.97. The highest BCUT2D eigenvalue weighted by atomic mass is 16.4. The monoisotopic (exact) mass is 527 g/mol. The molecule has 1 aliphatic heterocycles. The Bertz CT molecular complexity index is 755. The van der Waals surface area contributed by atoms with Crippen LogP contribution in [0.5, 0.6) is 0 Å². The van der Waals surface area contributed by atoms with Crippen LogP contribution in [0.4, 0.5) is 0 Å². The number of rotatable bonds is 19. The molecule has 0 saturated carbocycles. The van der Waals surface area contributed by atoms with Crippen LogP contribution in [0.15, 0.2) is 4.99 Å². The molecular formula is C23H45N9O5. The third kappa shape index (κ3) is 13.2. The molecule has 0 radical (unpaired) electrons. The fraction of sp³-hybridized carbons (Fsp3) is 0.783. The maximum atomic E-state index is 13.2. The number of unbranched alkanes of at least 4 members (excludes halogenated alkanes) is 2. The summed E-state index contributed by atoms with van der Waals surface area (Å²) in [5, 5.41) is 20.7. The molecule has 14 nitrogen and oxygen atoms in total. The van der Waals surface area contributed by atoms with Gasteiger partial charge in [-0.1, -0.05) is 0 Å². The number of aliphatic imine (C=N–C) groups is 1. The molecule has 0 aliphatic carbocycles. The maximum absolute atomic E-state index is 13.2. The summed E-state index contributed by atoms with van der Waals surface area (Å²) in [4.78, 5) is 54.4. The molecule has 0 spiro atoms. The Morgan fingerprint density at radius 3 is 1.86 bits per heavy atom. The third-order valence-electron chi connectivity index (χ3n) is 6.10. The second-order valence-electron chi connectivity index (χ2n) is 9.19. The summed E-state index contributed by atoms with van der Waals surface area (Å²) in [5.41, 5.74) is 21.7. The van der Waals surface area contributed by atoms with Gasteiger partial charge in [0.15, 0.2) is 5.96 Å².